The molecule has 0 spiro atoms. The molecule has 0 saturated heterocycles. The SMILES string of the molecule is COc1ccc(S(=O)(=O)N(C)C[C@H]2Oc3c(NC(=O)Nc4ccc(C(F)(F)F)cc4)cccc3C(=O)N([C@@H](C)CO)C[C@H]2C)cc1. The van der Waals surface area contributed by atoms with E-state index in [2.05, 4.69) is 10.6 Å². The number of rotatable bonds is 9. The Bertz CT molecular complexity index is 1650. The number of likely N-dealkylation sites (N-methyl/N-ethyl adjacent to an activating group) is 1. The second-order valence-corrected chi connectivity index (χ2v) is 13.0. The van der Waals surface area contributed by atoms with Gasteiger partial charge in [-0.15, -0.1) is 0 Å². The molecule has 0 unspecified atom stereocenters. The monoisotopic (exact) mass is 664 g/mol. The maximum atomic E-state index is 13.7. The Kier molecular flexibility index (Phi) is 10.5. The molecule has 0 saturated carbocycles. The number of urea groups is 1. The predicted octanol–water partition coefficient (Wildman–Crippen LogP) is 4.90. The second kappa shape index (κ2) is 14.0. The van der Waals surface area contributed by atoms with Gasteiger partial charge < -0.3 is 30.1 Å². The highest BCUT2D eigenvalue weighted by Gasteiger charge is 2.36. The summed E-state index contributed by atoms with van der Waals surface area (Å²) in [6, 6.07) is 12.8. The van der Waals surface area contributed by atoms with Gasteiger partial charge in [-0.05, 0) is 67.6 Å². The third kappa shape index (κ3) is 7.71. The molecule has 1 aliphatic rings. The summed E-state index contributed by atoms with van der Waals surface area (Å²) in [7, 11) is -1.11. The summed E-state index contributed by atoms with van der Waals surface area (Å²) in [5.74, 6) is -0.473. The van der Waals surface area contributed by atoms with E-state index in [0.29, 0.717) is 5.75 Å². The number of hydrogen-bond donors (Lipinski definition) is 3. The lowest BCUT2D eigenvalue weighted by molar-refractivity contribution is -0.137. The normalized spacial score (nSPS) is 17.8. The predicted molar refractivity (Wildman–Crippen MR) is 165 cm³/mol. The molecule has 1 heterocycles. The number of methoxy groups -OCH3 is 1. The van der Waals surface area contributed by atoms with Crippen LogP contribution in [0.1, 0.15) is 29.8 Å². The number of carbonyl (C=O) groups excluding carboxylic acids is 2. The molecule has 0 radical (unpaired) electrons. The number of aliphatic hydroxyl groups is 1. The molecule has 3 aromatic rings. The lowest BCUT2D eigenvalue weighted by Crippen LogP contribution is -2.50. The Morgan fingerprint density at radius 1 is 1.11 bits per heavy atom. The third-order valence-electron chi connectivity index (χ3n) is 7.61. The molecule has 0 aliphatic carbocycles. The van der Waals surface area contributed by atoms with E-state index >= 15 is 0 Å². The Labute approximate surface area is 265 Å². The number of amides is 3. The smallest absolute Gasteiger partial charge is 0.416 e. The fraction of sp³-hybridized carbons (Fsp3) is 0.355. The van der Waals surface area contributed by atoms with Crippen molar-refractivity contribution < 1.29 is 45.8 Å². The average Bonchev–Trinajstić information content (AvgIpc) is 3.02. The summed E-state index contributed by atoms with van der Waals surface area (Å²) in [5.41, 5.74) is -0.673. The van der Waals surface area contributed by atoms with Crippen LogP contribution < -0.4 is 20.1 Å². The number of ether oxygens (including phenoxy) is 2. The highest BCUT2D eigenvalue weighted by Crippen LogP contribution is 2.36. The summed E-state index contributed by atoms with van der Waals surface area (Å²) >= 11 is 0. The van der Waals surface area contributed by atoms with Crippen molar-refractivity contribution in [2.45, 2.75) is 37.1 Å². The second-order valence-electron chi connectivity index (χ2n) is 10.9. The first-order valence-corrected chi connectivity index (χ1v) is 15.7. The maximum absolute atomic E-state index is 13.7. The number of sulfonamides is 1. The van der Waals surface area contributed by atoms with Gasteiger partial charge in [0.25, 0.3) is 5.91 Å². The van der Waals surface area contributed by atoms with E-state index in [-0.39, 0.29) is 47.3 Å². The van der Waals surface area contributed by atoms with Crippen LogP contribution in [0.5, 0.6) is 11.5 Å². The minimum atomic E-state index is -4.54. The third-order valence-corrected chi connectivity index (χ3v) is 9.45. The topological polar surface area (TPSA) is 138 Å². The van der Waals surface area contributed by atoms with Crippen molar-refractivity contribution in [1.29, 1.82) is 0 Å². The number of nitrogens with zero attached hydrogens (tertiary/aromatic N) is 2. The van der Waals surface area contributed by atoms with E-state index in [1.54, 1.807) is 13.8 Å². The van der Waals surface area contributed by atoms with Crippen LogP contribution >= 0.6 is 0 Å². The summed E-state index contributed by atoms with van der Waals surface area (Å²) < 4.78 is 78.3. The van der Waals surface area contributed by atoms with Crippen molar-refractivity contribution in [2.24, 2.45) is 5.92 Å². The van der Waals surface area contributed by atoms with Crippen molar-refractivity contribution in [2.75, 3.05) is 44.5 Å². The van der Waals surface area contributed by atoms with E-state index in [1.807, 2.05) is 0 Å². The van der Waals surface area contributed by atoms with E-state index in [1.165, 1.54) is 61.5 Å². The standard InChI is InChI=1S/C31H35F3N4O7S/c1-19-16-38(20(2)18-39)29(40)25-6-5-7-26(36-30(41)35-22-10-8-21(9-11-22)31(32,33)34)28(25)45-27(19)17-37(3)46(42,43)24-14-12-23(44-4)13-15-24/h5-15,19-20,27,39H,16-18H2,1-4H3,(H2,35,36,41)/t19-,20+,27-/m1/s1. The number of benzene rings is 3. The van der Waals surface area contributed by atoms with Gasteiger partial charge in [0.2, 0.25) is 10.0 Å². The Morgan fingerprint density at radius 3 is 2.35 bits per heavy atom. The van der Waals surface area contributed by atoms with Crippen LogP contribution in [0.3, 0.4) is 0 Å². The van der Waals surface area contributed by atoms with Crippen LogP contribution in [0.2, 0.25) is 0 Å². The molecule has 1 aliphatic heterocycles. The Balaban J connectivity index is 1.65. The van der Waals surface area contributed by atoms with Crippen LogP contribution in [0.4, 0.5) is 29.3 Å². The maximum Gasteiger partial charge on any atom is 0.416 e. The van der Waals surface area contributed by atoms with Crippen molar-refractivity contribution in [3.63, 3.8) is 0 Å². The molecule has 3 N–H and O–H groups in total. The molecule has 11 nitrogen and oxygen atoms in total. The summed E-state index contributed by atoms with van der Waals surface area (Å²) in [6.07, 6.45) is -5.37. The molecule has 0 fully saturated rings. The molecule has 3 amide bonds. The molecule has 0 aromatic heterocycles. The fourth-order valence-corrected chi connectivity index (χ4v) is 6.05. The van der Waals surface area contributed by atoms with Crippen molar-refractivity contribution in [3.05, 3.63) is 77.9 Å². The van der Waals surface area contributed by atoms with E-state index in [9.17, 15) is 36.3 Å². The number of carbonyl (C=O) groups is 2. The number of hydrogen-bond acceptors (Lipinski definition) is 7. The van der Waals surface area contributed by atoms with Crippen molar-refractivity contribution in [3.8, 4) is 11.5 Å². The van der Waals surface area contributed by atoms with Gasteiger partial charge in [-0.25, -0.2) is 13.2 Å². The van der Waals surface area contributed by atoms with Gasteiger partial charge >= 0.3 is 12.2 Å². The van der Waals surface area contributed by atoms with Gasteiger partial charge in [0.1, 0.15) is 11.9 Å². The number of nitrogens with one attached hydrogen (secondary N) is 2. The number of alkyl halides is 3. The van der Waals surface area contributed by atoms with E-state index < -0.39 is 51.8 Å². The highest BCUT2D eigenvalue weighted by atomic mass is 32.2. The average molecular weight is 665 g/mol. The van der Waals surface area contributed by atoms with Gasteiger partial charge in [0.15, 0.2) is 5.75 Å². The summed E-state index contributed by atoms with van der Waals surface area (Å²) in [6.45, 7) is 3.10. The van der Waals surface area contributed by atoms with Crippen LogP contribution in [0.25, 0.3) is 0 Å². The van der Waals surface area contributed by atoms with Gasteiger partial charge in [-0.2, -0.15) is 17.5 Å². The number of aliphatic hydroxyl groups excluding tert-OH is 1. The highest BCUT2D eigenvalue weighted by molar-refractivity contribution is 7.89. The number of halogens is 3. The lowest BCUT2D eigenvalue weighted by atomic mass is 9.99. The van der Waals surface area contributed by atoms with Gasteiger partial charge in [0.05, 0.1) is 48.0 Å². The quantitative estimate of drug-likeness (QED) is 0.296. The van der Waals surface area contributed by atoms with Crippen LogP contribution in [0, 0.1) is 5.92 Å². The first-order chi connectivity index (χ1) is 21.6. The molecular formula is C31H35F3N4O7S. The zero-order valence-corrected chi connectivity index (χ0v) is 26.4. The molecule has 46 heavy (non-hydrogen) atoms. The molecular weight excluding hydrogens is 629 g/mol. The minimum absolute atomic E-state index is 0.0303. The summed E-state index contributed by atoms with van der Waals surface area (Å²) in [5, 5.41) is 14.9. The number of anilines is 2. The van der Waals surface area contributed by atoms with Gasteiger partial charge in [-0.1, -0.05) is 13.0 Å². The zero-order valence-electron chi connectivity index (χ0n) is 25.5. The molecule has 4 rings (SSSR count). The zero-order chi connectivity index (χ0) is 33.8. The first kappa shape index (κ1) is 34.5. The number of fused-ring (bicyclic) bond motifs is 1. The van der Waals surface area contributed by atoms with Gasteiger partial charge in [0, 0.05) is 25.2 Å². The lowest BCUT2D eigenvalue weighted by Gasteiger charge is -2.38. The van der Waals surface area contributed by atoms with Gasteiger partial charge in [-0.3, -0.25) is 4.79 Å². The number of para-hydroxylation sites is 1. The largest absolute Gasteiger partial charge is 0.497 e. The van der Waals surface area contributed by atoms with Crippen LogP contribution in [0.15, 0.2) is 71.6 Å². The fourth-order valence-electron chi connectivity index (χ4n) is 4.87. The van der Waals surface area contributed by atoms with E-state index in [4.69, 9.17) is 9.47 Å². The van der Waals surface area contributed by atoms with Crippen LogP contribution in [-0.2, 0) is 16.2 Å². The Morgan fingerprint density at radius 2 is 1.76 bits per heavy atom. The van der Waals surface area contributed by atoms with Crippen molar-refractivity contribution >= 4 is 33.3 Å². The molecule has 248 valence electrons. The molecule has 3 aromatic carbocycles. The first-order valence-electron chi connectivity index (χ1n) is 14.2. The molecule has 15 heteroatoms. The molecule has 3 atom stereocenters. The van der Waals surface area contributed by atoms with Crippen molar-refractivity contribution in [1.82, 2.24) is 9.21 Å². The van der Waals surface area contributed by atoms with E-state index in [0.717, 1.165) is 28.6 Å². The minimum Gasteiger partial charge on any atom is -0.497 e. The molecule has 0 bridgehead atoms. The summed E-state index contributed by atoms with van der Waals surface area (Å²) in [4.78, 5) is 28.1. The van der Waals surface area contributed by atoms with Crippen LogP contribution in [-0.4, -0.2) is 80.7 Å². The Hall–Kier alpha value is -4.34.